The normalized spacial score (nSPS) is 12.5. The Morgan fingerprint density at radius 3 is 2.39 bits per heavy atom. The molecule has 1 rings (SSSR count). The Morgan fingerprint density at radius 1 is 1.18 bits per heavy atom. The van der Waals surface area contributed by atoms with Crippen molar-refractivity contribution >= 4 is 17.9 Å². The zero-order chi connectivity index (χ0) is 25.0. The molecule has 0 spiro atoms. The Morgan fingerprint density at radius 2 is 1.85 bits per heavy atom. The van der Waals surface area contributed by atoms with E-state index >= 15 is 0 Å². The highest BCUT2D eigenvalue weighted by Gasteiger charge is 2.36. The number of unbranched alkanes of at least 4 members (excludes halogenated alkanes) is 2. The maximum Gasteiger partial charge on any atom is 0.408 e. The van der Waals surface area contributed by atoms with E-state index in [0.717, 1.165) is 24.2 Å². The third-order valence-corrected chi connectivity index (χ3v) is 4.55. The lowest BCUT2D eigenvalue weighted by Crippen LogP contribution is -2.53. The monoisotopic (exact) mass is 455 g/mol. The molecule has 178 valence electrons. The minimum absolute atomic E-state index is 0.355. The van der Waals surface area contributed by atoms with Crippen molar-refractivity contribution in [3.63, 3.8) is 0 Å². The fourth-order valence-corrected chi connectivity index (χ4v) is 3.02. The van der Waals surface area contributed by atoms with Crippen LogP contribution in [-0.2, 0) is 14.3 Å². The van der Waals surface area contributed by atoms with E-state index in [0.29, 0.717) is 17.7 Å². The fraction of sp³-hybridized carbons (Fsp3) is 0.480. The van der Waals surface area contributed by atoms with Crippen LogP contribution in [-0.4, -0.2) is 52.7 Å². The van der Waals surface area contributed by atoms with Gasteiger partial charge < -0.3 is 20.5 Å². The highest BCUT2D eigenvalue weighted by atomic mass is 16.6. The van der Waals surface area contributed by atoms with Gasteiger partial charge in [-0.3, -0.25) is 14.5 Å². The zero-order valence-electron chi connectivity index (χ0n) is 19.7. The molecule has 0 saturated heterocycles. The van der Waals surface area contributed by atoms with Crippen molar-refractivity contribution in [2.24, 2.45) is 0 Å². The van der Waals surface area contributed by atoms with Crippen LogP contribution >= 0.6 is 0 Å². The molecule has 0 bridgehead atoms. The number of amides is 3. The summed E-state index contributed by atoms with van der Waals surface area (Å²) in [5.41, 5.74) is -0.0702. The van der Waals surface area contributed by atoms with Crippen LogP contribution in [0.5, 0.6) is 0 Å². The van der Waals surface area contributed by atoms with Gasteiger partial charge in [0.2, 0.25) is 5.91 Å². The summed E-state index contributed by atoms with van der Waals surface area (Å²) in [4.78, 5) is 39.4. The topological polar surface area (TPSA) is 108 Å². The first-order valence-electron chi connectivity index (χ1n) is 10.8. The second-order valence-electron chi connectivity index (χ2n) is 8.35. The average Bonchev–Trinajstić information content (AvgIpc) is 2.76. The van der Waals surface area contributed by atoms with Crippen LogP contribution in [0.25, 0.3) is 0 Å². The maximum atomic E-state index is 13.2. The SMILES string of the molecule is C#Cc1ccccc1C(C(=O)NCCCCC)N(C#C)C(=O)C(CO)NC(=O)OC(C)(C)C. The van der Waals surface area contributed by atoms with E-state index in [1.165, 1.54) is 0 Å². The molecule has 33 heavy (non-hydrogen) atoms. The van der Waals surface area contributed by atoms with Crippen LogP contribution in [0.2, 0.25) is 0 Å². The van der Waals surface area contributed by atoms with Gasteiger partial charge in [-0.05, 0) is 33.3 Å². The van der Waals surface area contributed by atoms with Crippen molar-refractivity contribution in [2.75, 3.05) is 13.2 Å². The minimum atomic E-state index is -1.43. The van der Waals surface area contributed by atoms with Crippen molar-refractivity contribution in [1.82, 2.24) is 15.5 Å². The molecule has 2 atom stereocenters. The molecule has 0 fully saturated rings. The van der Waals surface area contributed by atoms with Crippen LogP contribution in [0.3, 0.4) is 0 Å². The quantitative estimate of drug-likeness (QED) is 0.285. The van der Waals surface area contributed by atoms with Gasteiger partial charge in [-0.15, -0.1) is 6.42 Å². The third kappa shape index (κ3) is 8.51. The molecule has 0 aliphatic carbocycles. The number of benzene rings is 1. The van der Waals surface area contributed by atoms with Crippen LogP contribution in [0.1, 0.15) is 64.1 Å². The van der Waals surface area contributed by atoms with Gasteiger partial charge in [0.1, 0.15) is 17.7 Å². The molecule has 2 unspecified atom stereocenters. The summed E-state index contributed by atoms with van der Waals surface area (Å²) >= 11 is 0. The van der Waals surface area contributed by atoms with E-state index in [2.05, 4.69) is 22.6 Å². The van der Waals surface area contributed by atoms with Gasteiger partial charge in [-0.2, -0.15) is 0 Å². The lowest BCUT2D eigenvalue weighted by molar-refractivity contribution is -0.139. The lowest BCUT2D eigenvalue weighted by Gasteiger charge is -2.30. The number of terminal acetylenes is 2. The molecule has 0 aliphatic heterocycles. The molecule has 1 aromatic rings. The first-order valence-corrected chi connectivity index (χ1v) is 10.8. The highest BCUT2D eigenvalue weighted by molar-refractivity contribution is 5.93. The second kappa shape index (κ2) is 13.1. The summed E-state index contributed by atoms with van der Waals surface area (Å²) in [5.74, 6) is 1.13. The van der Waals surface area contributed by atoms with Crippen molar-refractivity contribution in [3.05, 3.63) is 35.4 Å². The predicted octanol–water partition coefficient (Wildman–Crippen LogP) is 2.32. The number of rotatable bonds is 10. The first kappa shape index (κ1) is 27.5. The molecule has 0 aromatic heterocycles. The summed E-state index contributed by atoms with van der Waals surface area (Å²) in [7, 11) is 0. The Bertz CT molecular complexity index is 908. The summed E-state index contributed by atoms with van der Waals surface area (Å²) in [6.45, 7) is 6.66. The summed E-state index contributed by atoms with van der Waals surface area (Å²) in [6, 6.07) is 6.16. The molecule has 3 N–H and O–H groups in total. The smallest absolute Gasteiger partial charge is 0.408 e. The van der Waals surface area contributed by atoms with E-state index in [9.17, 15) is 19.5 Å². The number of carbonyl (C=O) groups is 3. The Kier molecular flexibility index (Phi) is 11.0. The van der Waals surface area contributed by atoms with Crippen LogP contribution in [0.15, 0.2) is 24.3 Å². The van der Waals surface area contributed by atoms with Gasteiger partial charge in [-0.1, -0.05) is 50.3 Å². The van der Waals surface area contributed by atoms with Crippen molar-refractivity contribution in [2.45, 2.75) is 64.6 Å². The standard InChI is InChI=1S/C25H33N3O5/c1-7-10-13-16-26-22(30)21(19-15-12-11-14-18(19)8-2)28(9-3)23(31)20(17-29)27-24(32)33-25(4,5)6/h2-3,11-12,14-15,20-21,29H,7,10,13,16-17H2,1,4-6H3,(H,26,30)(H,27,32). The molecule has 0 saturated carbocycles. The molecule has 1 aromatic carbocycles. The number of hydrogen-bond acceptors (Lipinski definition) is 5. The summed E-state index contributed by atoms with van der Waals surface area (Å²) in [5, 5.41) is 14.9. The molecular formula is C25H33N3O5. The largest absolute Gasteiger partial charge is 0.444 e. The van der Waals surface area contributed by atoms with E-state index in [1.54, 1.807) is 45.0 Å². The minimum Gasteiger partial charge on any atom is -0.444 e. The first-order chi connectivity index (χ1) is 15.6. The molecule has 0 radical (unpaired) electrons. The van der Waals surface area contributed by atoms with Gasteiger partial charge >= 0.3 is 6.09 Å². The Labute approximate surface area is 196 Å². The van der Waals surface area contributed by atoms with Crippen LogP contribution in [0, 0.1) is 24.8 Å². The van der Waals surface area contributed by atoms with Crippen molar-refractivity contribution < 1.29 is 24.2 Å². The van der Waals surface area contributed by atoms with Crippen LogP contribution in [0.4, 0.5) is 4.79 Å². The fourth-order valence-electron chi connectivity index (χ4n) is 3.02. The summed E-state index contributed by atoms with van der Waals surface area (Å²) in [6.07, 6.45) is 13.0. The van der Waals surface area contributed by atoms with E-state index in [-0.39, 0.29) is 0 Å². The second-order valence-corrected chi connectivity index (χ2v) is 8.35. The molecule has 8 nitrogen and oxygen atoms in total. The average molecular weight is 456 g/mol. The van der Waals surface area contributed by atoms with E-state index in [4.69, 9.17) is 17.6 Å². The maximum absolute atomic E-state index is 13.2. The van der Waals surface area contributed by atoms with Gasteiger partial charge in [-0.25, -0.2) is 4.79 Å². The molecule has 8 heteroatoms. The van der Waals surface area contributed by atoms with Crippen LogP contribution < -0.4 is 10.6 Å². The molecule has 0 heterocycles. The Hall–Kier alpha value is -3.49. The number of hydrogen-bond donors (Lipinski definition) is 3. The Balaban J connectivity index is 3.28. The zero-order valence-corrected chi connectivity index (χ0v) is 19.7. The van der Waals surface area contributed by atoms with Crippen molar-refractivity contribution in [1.29, 1.82) is 0 Å². The van der Waals surface area contributed by atoms with E-state index < -0.39 is 42.2 Å². The molecule has 3 amide bonds. The predicted molar refractivity (Wildman–Crippen MR) is 126 cm³/mol. The van der Waals surface area contributed by atoms with Crippen molar-refractivity contribution in [3.8, 4) is 24.8 Å². The number of nitrogens with one attached hydrogen (secondary N) is 2. The number of aliphatic hydroxyl groups is 1. The third-order valence-electron chi connectivity index (χ3n) is 4.55. The number of alkyl carbamates (subject to hydrolysis) is 1. The van der Waals surface area contributed by atoms with E-state index in [1.807, 2.05) is 6.92 Å². The van der Waals surface area contributed by atoms with Gasteiger partial charge in [0.15, 0.2) is 0 Å². The highest BCUT2D eigenvalue weighted by Crippen LogP contribution is 2.25. The number of aliphatic hydroxyl groups excluding tert-OH is 1. The number of carbonyl (C=O) groups excluding carboxylic acids is 3. The van der Waals surface area contributed by atoms with Gasteiger partial charge in [0.25, 0.3) is 5.91 Å². The number of nitrogens with zero attached hydrogens (tertiary/aromatic N) is 1. The molecular weight excluding hydrogens is 422 g/mol. The molecule has 0 aliphatic rings. The van der Waals surface area contributed by atoms with Gasteiger partial charge in [0.05, 0.1) is 6.61 Å². The van der Waals surface area contributed by atoms with Gasteiger partial charge in [0, 0.05) is 23.7 Å². The summed E-state index contributed by atoms with van der Waals surface area (Å²) < 4.78 is 5.15. The lowest BCUT2D eigenvalue weighted by atomic mass is 9.98. The number of ether oxygens (including phenoxy) is 1.